The Bertz CT molecular complexity index is 796. The first-order chi connectivity index (χ1) is 13.3. The van der Waals surface area contributed by atoms with Gasteiger partial charge in [-0.15, -0.1) is 38.0 Å². The van der Waals surface area contributed by atoms with Crippen molar-refractivity contribution in [2.24, 2.45) is 0 Å². The van der Waals surface area contributed by atoms with E-state index >= 15 is 0 Å². The second kappa shape index (κ2) is 11.4. The Morgan fingerprint density at radius 1 is 1.00 bits per heavy atom. The molecule has 0 aliphatic carbocycles. The molecule has 1 amide bonds. The van der Waals surface area contributed by atoms with Crippen LogP contribution in [0.3, 0.4) is 0 Å². The van der Waals surface area contributed by atoms with Crippen LogP contribution in [0.15, 0.2) is 48.5 Å². The van der Waals surface area contributed by atoms with E-state index in [2.05, 4.69) is 20.3 Å². The number of nitrogens with one attached hydrogen (secondary N) is 2. The Kier molecular flexibility index (Phi) is 9.90. The van der Waals surface area contributed by atoms with Gasteiger partial charge in [-0.1, -0.05) is 24.3 Å². The van der Waals surface area contributed by atoms with E-state index < -0.39 is 6.36 Å². The monoisotopic (exact) mass is 465 g/mol. The summed E-state index contributed by atoms with van der Waals surface area (Å²) in [5.41, 5.74) is 2.58. The number of halogens is 5. The Labute approximate surface area is 185 Å². The van der Waals surface area contributed by atoms with Gasteiger partial charge in [0.25, 0.3) is 0 Å². The second-order valence-corrected chi connectivity index (χ2v) is 6.61. The molecule has 2 aromatic carbocycles. The van der Waals surface area contributed by atoms with Crippen molar-refractivity contribution in [1.29, 1.82) is 0 Å². The zero-order chi connectivity index (χ0) is 20.1. The van der Waals surface area contributed by atoms with Gasteiger partial charge in [0, 0.05) is 38.8 Å². The van der Waals surface area contributed by atoms with Gasteiger partial charge in [-0.25, -0.2) is 0 Å². The summed E-state index contributed by atoms with van der Waals surface area (Å²) in [7, 11) is 0. The maximum Gasteiger partial charge on any atom is 0.573 e. The zero-order valence-electron chi connectivity index (χ0n) is 16.2. The Morgan fingerprint density at radius 3 is 1.97 bits per heavy atom. The van der Waals surface area contributed by atoms with Crippen molar-refractivity contribution in [2.45, 2.75) is 19.3 Å². The maximum absolute atomic E-state index is 12.4. The Balaban J connectivity index is 0.00000225. The molecule has 1 heterocycles. The first kappa shape index (κ1) is 26.0. The topological polar surface area (TPSA) is 53.6 Å². The minimum absolute atomic E-state index is 0. The number of benzene rings is 2. The number of carbonyl (C=O) groups excluding carboxylic acids is 1. The van der Waals surface area contributed by atoms with Gasteiger partial charge in [0.1, 0.15) is 5.75 Å². The highest BCUT2D eigenvalue weighted by molar-refractivity contribution is 5.88. The fraction of sp³-hybridized carbons (Fsp3) is 0.350. The molecule has 5 nitrogen and oxygen atoms in total. The molecule has 0 unspecified atom stereocenters. The summed E-state index contributed by atoms with van der Waals surface area (Å²) in [4.78, 5) is 13.5. The largest absolute Gasteiger partial charge is 0.573 e. The van der Waals surface area contributed by atoms with Crippen LogP contribution in [0.2, 0.25) is 0 Å². The molecule has 1 aliphatic rings. The molecule has 166 valence electrons. The number of ether oxygens (including phenoxy) is 1. The molecule has 3 rings (SSSR count). The summed E-state index contributed by atoms with van der Waals surface area (Å²) in [5, 5.41) is 6.04. The Hall–Kier alpha value is -2.00. The van der Waals surface area contributed by atoms with E-state index in [1.165, 1.54) is 19.1 Å². The van der Waals surface area contributed by atoms with Crippen molar-refractivity contribution in [1.82, 2.24) is 10.2 Å². The van der Waals surface area contributed by atoms with Crippen LogP contribution in [0.5, 0.6) is 5.75 Å². The molecule has 0 bridgehead atoms. The number of anilines is 1. The molecular formula is C20H24Cl2F3N3O2. The van der Waals surface area contributed by atoms with E-state index in [1.54, 1.807) is 12.1 Å². The minimum Gasteiger partial charge on any atom is -0.406 e. The van der Waals surface area contributed by atoms with Crippen LogP contribution in [0.4, 0.5) is 18.9 Å². The number of hydrogen-bond acceptors (Lipinski definition) is 4. The summed E-state index contributed by atoms with van der Waals surface area (Å²) in [6.07, 6.45) is -4.71. The predicted octanol–water partition coefficient (Wildman–Crippen LogP) is 4.38. The van der Waals surface area contributed by atoms with Crippen LogP contribution in [0, 0.1) is 0 Å². The highest BCUT2D eigenvalue weighted by Gasteiger charge is 2.31. The molecule has 1 aliphatic heterocycles. The first-order valence-electron chi connectivity index (χ1n) is 9.00. The molecule has 0 spiro atoms. The lowest BCUT2D eigenvalue weighted by atomic mass is 9.96. The van der Waals surface area contributed by atoms with Gasteiger partial charge >= 0.3 is 6.36 Å². The highest BCUT2D eigenvalue weighted by Crippen LogP contribution is 2.32. The fourth-order valence-corrected chi connectivity index (χ4v) is 3.36. The van der Waals surface area contributed by atoms with E-state index in [0.717, 1.165) is 37.3 Å². The smallest absolute Gasteiger partial charge is 0.406 e. The third-order valence-electron chi connectivity index (χ3n) is 4.49. The number of piperazine rings is 1. The van der Waals surface area contributed by atoms with Crippen molar-refractivity contribution < 1.29 is 22.7 Å². The molecule has 0 aromatic heterocycles. The molecule has 1 saturated heterocycles. The summed E-state index contributed by atoms with van der Waals surface area (Å²) >= 11 is 0. The van der Waals surface area contributed by atoms with Crippen molar-refractivity contribution in [3.05, 3.63) is 59.7 Å². The number of carbonyl (C=O) groups is 1. The normalized spacial score (nSPS) is 15.3. The average molecular weight is 466 g/mol. The lowest BCUT2D eigenvalue weighted by molar-refractivity contribution is -0.274. The molecule has 2 N–H and O–H groups in total. The van der Waals surface area contributed by atoms with Gasteiger partial charge < -0.3 is 15.4 Å². The standard InChI is InChI=1S/C20H22F3N3O2.2ClH/c1-14(27)25-17-6-2-15(3-7-17)19(26-12-10-24-11-13-26)16-4-8-18(9-5-16)28-20(21,22)23;;/h2-9,19,24H,10-13H2,1H3,(H,25,27);2*1H/t19-;;/m1../s1. The Morgan fingerprint density at radius 2 is 1.50 bits per heavy atom. The highest BCUT2D eigenvalue weighted by atomic mass is 35.5. The lowest BCUT2D eigenvalue weighted by Gasteiger charge is -2.35. The van der Waals surface area contributed by atoms with Crippen LogP contribution < -0.4 is 15.4 Å². The van der Waals surface area contributed by atoms with E-state index in [0.29, 0.717) is 5.69 Å². The summed E-state index contributed by atoms with van der Waals surface area (Å²) in [6.45, 7) is 4.77. The van der Waals surface area contributed by atoms with Gasteiger partial charge in [-0.3, -0.25) is 9.69 Å². The molecule has 1 fully saturated rings. The quantitative estimate of drug-likeness (QED) is 0.687. The predicted molar refractivity (Wildman–Crippen MR) is 115 cm³/mol. The SMILES string of the molecule is CC(=O)Nc1ccc([C@H](c2ccc(OC(F)(F)F)cc2)N2CCNCC2)cc1.Cl.Cl. The van der Waals surface area contributed by atoms with Gasteiger partial charge in [0.2, 0.25) is 5.91 Å². The number of amides is 1. The fourth-order valence-electron chi connectivity index (χ4n) is 3.36. The van der Waals surface area contributed by atoms with Crippen LogP contribution in [0.25, 0.3) is 0 Å². The maximum atomic E-state index is 12.4. The van der Waals surface area contributed by atoms with Crippen LogP contribution in [0.1, 0.15) is 24.1 Å². The second-order valence-electron chi connectivity index (χ2n) is 6.61. The summed E-state index contributed by atoms with van der Waals surface area (Å²) < 4.78 is 41.2. The van der Waals surface area contributed by atoms with Gasteiger partial charge in [-0.05, 0) is 35.4 Å². The number of nitrogens with zero attached hydrogens (tertiary/aromatic N) is 1. The van der Waals surface area contributed by atoms with E-state index in [-0.39, 0.29) is 42.5 Å². The number of rotatable bonds is 5. The van der Waals surface area contributed by atoms with Crippen LogP contribution in [-0.2, 0) is 4.79 Å². The molecule has 2 aromatic rings. The van der Waals surface area contributed by atoms with Crippen LogP contribution in [-0.4, -0.2) is 43.3 Å². The lowest BCUT2D eigenvalue weighted by Crippen LogP contribution is -2.45. The average Bonchev–Trinajstić information content (AvgIpc) is 2.64. The molecule has 0 radical (unpaired) electrons. The molecular weight excluding hydrogens is 442 g/mol. The summed E-state index contributed by atoms with van der Waals surface area (Å²) in [5.74, 6) is -0.386. The first-order valence-corrected chi connectivity index (χ1v) is 9.00. The molecule has 0 saturated carbocycles. The van der Waals surface area contributed by atoms with Gasteiger partial charge in [0.05, 0.1) is 6.04 Å². The van der Waals surface area contributed by atoms with Crippen molar-refractivity contribution in [2.75, 3.05) is 31.5 Å². The molecule has 10 heteroatoms. The third kappa shape index (κ3) is 7.36. The number of hydrogen-bond donors (Lipinski definition) is 2. The van der Waals surface area contributed by atoms with Crippen molar-refractivity contribution in [3.63, 3.8) is 0 Å². The van der Waals surface area contributed by atoms with Gasteiger partial charge in [-0.2, -0.15) is 0 Å². The van der Waals surface area contributed by atoms with E-state index in [4.69, 9.17) is 0 Å². The zero-order valence-corrected chi connectivity index (χ0v) is 17.9. The molecule has 30 heavy (non-hydrogen) atoms. The number of alkyl halides is 3. The van der Waals surface area contributed by atoms with E-state index in [9.17, 15) is 18.0 Å². The summed E-state index contributed by atoms with van der Waals surface area (Å²) in [6, 6.07) is 13.4. The molecule has 1 atom stereocenters. The van der Waals surface area contributed by atoms with Gasteiger partial charge in [0.15, 0.2) is 0 Å². The van der Waals surface area contributed by atoms with Crippen molar-refractivity contribution >= 4 is 36.4 Å². The van der Waals surface area contributed by atoms with E-state index in [1.807, 2.05) is 24.3 Å². The minimum atomic E-state index is -4.71. The van der Waals surface area contributed by atoms with Crippen LogP contribution >= 0.6 is 24.8 Å². The third-order valence-corrected chi connectivity index (χ3v) is 4.49. The van der Waals surface area contributed by atoms with Crippen molar-refractivity contribution in [3.8, 4) is 5.75 Å².